The quantitative estimate of drug-likeness (QED) is 0.740. The second-order valence-corrected chi connectivity index (χ2v) is 5.11. The molecule has 4 heteroatoms. The van der Waals surface area contributed by atoms with Gasteiger partial charge in [-0.1, -0.05) is 0 Å². The molecule has 2 aliphatic rings. The summed E-state index contributed by atoms with van der Waals surface area (Å²) in [4.78, 5) is 11.9. The maximum absolute atomic E-state index is 11.9. The Bertz CT molecular complexity index is 247. The minimum absolute atomic E-state index is 0.0197. The van der Waals surface area contributed by atoms with Crippen molar-refractivity contribution in [2.45, 2.75) is 44.7 Å². The van der Waals surface area contributed by atoms with Gasteiger partial charge in [0.05, 0.1) is 6.04 Å². The smallest absolute Gasteiger partial charge is 0.237 e. The molecule has 2 rings (SSSR count). The Morgan fingerprint density at radius 3 is 2.44 bits per heavy atom. The van der Waals surface area contributed by atoms with Gasteiger partial charge in [0.25, 0.3) is 0 Å². The van der Waals surface area contributed by atoms with Crippen LogP contribution in [0.4, 0.5) is 0 Å². The van der Waals surface area contributed by atoms with Crippen molar-refractivity contribution in [3.63, 3.8) is 0 Å². The van der Waals surface area contributed by atoms with Crippen LogP contribution in [0.1, 0.15) is 32.6 Å². The van der Waals surface area contributed by atoms with Gasteiger partial charge in [-0.3, -0.25) is 4.79 Å². The maximum Gasteiger partial charge on any atom is 0.237 e. The summed E-state index contributed by atoms with van der Waals surface area (Å²) in [6.07, 6.45) is 4.31. The molecule has 2 fully saturated rings. The van der Waals surface area contributed by atoms with Crippen molar-refractivity contribution in [3.8, 4) is 0 Å². The SMILES string of the molecule is CC(NC(=O)C(N)C1CCOCC1)C1CC1. The van der Waals surface area contributed by atoms with Crippen molar-refractivity contribution in [2.75, 3.05) is 13.2 Å². The van der Waals surface area contributed by atoms with Crippen LogP contribution in [0, 0.1) is 11.8 Å². The van der Waals surface area contributed by atoms with Crippen molar-refractivity contribution >= 4 is 5.91 Å². The van der Waals surface area contributed by atoms with E-state index < -0.39 is 0 Å². The summed E-state index contributed by atoms with van der Waals surface area (Å²) in [5, 5.41) is 3.03. The van der Waals surface area contributed by atoms with Crippen LogP contribution in [0.15, 0.2) is 0 Å². The minimum atomic E-state index is -0.356. The van der Waals surface area contributed by atoms with Gasteiger partial charge in [0.15, 0.2) is 0 Å². The van der Waals surface area contributed by atoms with Crippen LogP contribution in [0.3, 0.4) is 0 Å². The van der Waals surface area contributed by atoms with Crippen molar-refractivity contribution in [2.24, 2.45) is 17.6 Å². The topological polar surface area (TPSA) is 64.4 Å². The Kier molecular flexibility index (Phi) is 3.82. The van der Waals surface area contributed by atoms with Gasteiger partial charge >= 0.3 is 0 Å². The van der Waals surface area contributed by atoms with E-state index in [-0.39, 0.29) is 11.9 Å². The molecular weight excluding hydrogens is 204 g/mol. The molecule has 2 atom stereocenters. The highest BCUT2D eigenvalue weighted by Gasteiger charge is 2.32. The lowest BCUT2D eigenvalue weighted by molar-refractivity contribution is -0.125. The van der Waals surface area contributed by atoms with Gasteiger partial charge in [0.2, 0.25) is 5.91 Å². The zero-order chi connectivity index (χ0) is 11.5. The van der Waals surface area contributed by atoms with E-state index in [1.165, 1.54) is 12.8 Å². The molecule has 0 bridgehead atoms. The lowest BCUT2D eigenvalue weighted by Crippen LogP contribution is -2.49. The maximum atomic E-state index is 11.9. The van der Waals surface area contributed by atoms with Crippen LogP contribution >= 0.6 is 0 Å². The standard InChI is InChI=1S/C12H22N2O2/c1-8(9-2-3-9)14-12(15)11(13)10-4-6-16-7-5-10/h8-11H,2-7,13H2,1H3,(H,14,15). The van der Waals surface area contributed by atoms with Crippen LogP contribution < -0.4 is 11.1 Å². The molecule has 92 valence electrons. The zero-order valence-electron chi connectivity index (χ0n) is 9.95. The number of carbonyl (C=O) groups is 1. The predicted molar refractivity (Wildman–Crippen MR) is 61.8 cm³/mol. The molecule has 1 aliphatic carbocycles. The van der Waals surface area contributed by atoms with Crippen molar-refractivity contribution < 1.29 is 9.53 Å². The second kappa shape index (κ2) is 5.15. The van der Waals surface area contributed by atoms with Crippen LogP contribution in [0.25, 0.3) is 0 Å². The van der Waals surface area contributed by atoms with E-state index in [2.05, 4.69) is 12.2 Å². The Hall–Kier alpha value is -0.610. The molecule has 1 aliphatic heterocycles. The van der Waals surface area contributed by atoms with E-state index in [0.29, 0.717) is 17.9 Å². The summed E-state index contributed by atoms with van der Waals surface area (Å²) in [7, 11) is 0. The second-order valence-electron chi connectivity index (χ2n) is 5.11. The van der Waals surface area contributed by atoms with Crippen molar-refractivity contribution in [1.82, 2.24) is 5.32 Å². The Labute approximate surface area is 96.9 Å². The number of nitrogens with two attached hydrogens (primary N) is 1. The number of nitrogens with one attached hydrogen (secondary N) is 1. The lowest BCUT2D eigenvalue weighted by Gasteiger charge is -2.27. The molecular formula is C12H22N2O2. The van der Waals surface area contributed by atoms with E-state index in [4.69, 9.17) is 10.5 Å². The Morgan fingerprint density at radius 1 is 1.25 bits per heavy atom. The molecule has 16 heavy (non-hydrogen) atoms. The minimum Gasteiger partial charge on any atom is -0.381 e. The largest absolute Gasteiger partial charge is 0.381 e. The van der Waals surface area contributed by atoms with E-state index in [1.807, 2.05) is 0 Å². The average molecular weight is 226 g/mol. The van der Waals surface area contributed by atoms with Gasteiger partial charge in [0.1, 0.15) is 0 Å². The molecule has 1 heterocycles. The van der Waals surface area contributed by atoms with E-state index in [1.54, 1.807) is 0 Å². The van der Waals surface area contributed by atoms with E-state index in [9.17, 15) is 4.79 Å². The van der Waals surface area contributed by atoms with Gasteiger partial charge in [-0.05, 0) is 44.4 Å². The fraction of sp³-hybridized carbons (Fsp3) is 0.917. The third-order valence-corrected chi connectivity index (χ3v) is 3.78. The monoisotopic (exact) mass is 226 g/mol. The molecule has 2 unspecified atom stereocenters. The molecule has 0 aromatic carbocycles. The molecule has 1 amide bonds. The van der Waals surface area contributed by atoms with Crippen LogP contribution in [0.5, 0.6) is 0 Å². The van der Waals surface area contributed by atoms with Gasteiger partial charge in [-0.2, -0.15) is 0 Å². The first kappa shape index (κ1) is 11.9. The Morgan fingerprint density at radius 2 is 1.88 bits per heavy atom. The average Bonchev–Trinajstić information content (AvgIpc) is 3.13. The van der Waals surface area contributed by atoms with Gasteiger partial charge in [0, 0.05) is 19.3 Å². The summed E-state index contributed by atoms with van der Waals surface area (Å²) in [5.74, 6) is 0.997. The summed E-state index contributed by atoms with van der Waals surface area (Å²) >= 11 is 0. The number of hydrogen-bond acceptors (Lipinski definition) is 3. The highest BCUT2D eigenvalue weighted by molar-refractivity contribution is 5.82. The molecule has 0 spiro atoms. The number of carbonyl (C=O) groups excluding carboxylic acids is 1. The summed E-state index contributed by atoms with van der Waals surface area (Å²) < 4.78 is 5.27. The first-order chi connectivity index (χ1) is 7.68. The number of hydrogen-bond donors (Lipinski definition) is 2. The predicted octanol–water partition coefficient (Wildman–Crippen LogP) is 0.655. The molecule has 1 saturated heterocycles. The van der Waals surface area contributed by atoms with Gasteiger partial charge < -0.3 is 15.8 Å². The molecule has 0 radical (unpaired) electrons. The number of rotatable bonds is 4. The normalized spacial score (nSPS) is 26.1. The van der Waals surface area contributed by atoms with Crippen molar-refractivity contribution in [1.29, 1.82) is 0 Å². The van der Waals surface area contributed by atoms with Crippen LogP contribution in [0.2, 0.25) is 0 Å². The number of amides is 1. The zero-order valence-corrected chi connectivity index (χ0v) is 9.95. The molecule has 0 aromatic heterocycles. The first-order valence-corrected chi connectivity index (χ1v) is 6.32. The highest BCUT2D eigenvalue weighted by Crippen LogP contribution is 2.32. The van der Waals surface area contributed by atoms with E-state index >= 15 is 0 Å². The van der Waals surface area contributed by atoms with Gasteiger partial charge in [-0.25, -0.2) is 0 Å². The van der Waals surface area contributed by atoms with Gasteiger partial charge in [-0.15, -0.1) is 0 Å². The molecule has 4 nitrogen and oxygen atoms in total. The lowest BCUT2D eigenvalue weighted by atomic mass is 9.91. The van der Waals surface area contributed by atoms with Crippen LogP contribution in [-0.4, -0.2) is 31.2 Å². The molecule has 0 aromatic rings. The fourth-order valence-corrected chi connectivity index (χ4v) is 2.32. The Balaban J connectivity index is 1.78. The molecule has 1 saturated carbocycles. The summed E-state index contributed by atoms with van der Waals surface area (Å²) in [6, 6.07) is -0.0662. The third-order valence-electron chi connectivity index (χ3n) is 3.78. The summed E-state index contributed by atoms with van der Waals surface area (Å²) in [5.41, 5.74) is 5.99. The molecule has 3 N–H and O–H groups in total. The van der Waals surface area contributed by atoms with Crippen LogP contribution in [-0.2, 0) is 9.53 Å². The first-order valence-electron chi connectivity index (χ1n) is 6.32. The van der Waals surface area contributed by atoms with Crippen molar-refractivity contribution in [3.05, 3.63) is 0 Å². The fourth-order valence-electron chi connectivity index (χ4n) is 2.32. The van der Waals surface area contributed by atoms with E-state index in [0.717, 1.165) is 26.1 Å². The summed E-state index contributed by atoms with van der Waals surface area (Å²) in [6.45, 7) is 3.56. The number of ether oxygens (including phenoxy) is 1. The third kappa shape index (κ3) is 2.95. The highest BCUT2D eigenvalue weighted by atomic mass is 16.5.